The van der Waals surface area contributed by atoms with Gasteiger partial charge in [-0.2, -0.15) is 0 Å². The number of carbonyl (C=O) groups is 1. The number of amides is 1. The highest BCUT2D eigenvalue weighted by molar-refractivity contribution is 6.30. The van der Waals surface area contributed by atoms with Crippen LogP contribution in [0.3, 0.4) is 0 Å². The van der Waals surface area contributed by atoms with Crippen LogP contribution in [0, 0.1) is 5.82 Å². The molecular weight excluding hydrogens is 315 g/mol. The van der Waals surface area contributed by atoms with Gasteiger partial charge < -0.3 is 5.32 Å². The zero-order valence-corrected chi connectivity index (χ0v) is 13.9. The summed E-state index contributed by atoms with van der Waals surface area (Å²) in [5.74, 6) is -0.413. The summed E-state index contributed by atoms with van der Waals surface area (Å²) in [7, 11) is 0. The van der Waals surface area contributed by atoms with Gasteiger partial charge in [0, 0.05) is 23.2 Å². The average molecular weight is 335 g/mol. The zero-order chi connectivity index (χ0) is 16.8. The van der Waals surface area contributed by atoms with Gasteiger partial charge in [-0.15, -0.1) is 0 Å². The highest BCUT2D eigenvalue weighted by Gasteiger charge is 2.17. The van der Waals surface area contributed by atoms with Gasteiger partial charge in [0.05, 0.1) is 6.04 Å². The average Bonchev–Trinajstić information content (AvgIpc) is 2.54. The number of rotatable bonds is 6. The summed E-state index contributed by atoms with van der Waals surface area (Å²) in [5.41, 5.74) is 1.52. The summed E-state index contributed by atoms with van der Waals surface area (Å²) < 4.78 is 13.7. The minimum atomic E-state index is -0.433. The Bertz CT molecular complexity index is 660. The zero-order valence-electron chi connectivity index (χ0n) is 13.1. The predicted molar refractivity (Wildman–Crippen MR) is 90.7 cm³/mol. The van der Waals surface area contributed by atoms with Crippen molar-refractivity contribution < 1.29 is 9.18 Å². The van der Waals surface area contributed by atoms with Crippen LogP contribution < -0.4 is 10.6 Å². The summed E-state index contributed by atoms with van der Waals surface area (Å²) in [4.78, 5) is 12.1. The topological polar surface area (TPSA) is 41.1 Å². The third-order valence-electron chi connectivity index (χ3n) is 3.65. The molecular formula is C18H20ClFN2O. The van der Waals surface area contributed by atoms with Gasteiger partial charge in [-0.05, 0) is 37.6 Å². The molecule has 0 radical (unpaired) electrons. The number of benzene rings is 2. The quantitative estimate of drug-likeness (QED) is 0.842. The molecule has 1 amide bonds. The lowest BCUT2D eigenvalue weighted by Crippen LogP contribution is -2.43. The molecule has 3 nitrogen and oxygen atoms in total. The molecule has 122 valence electrons. The van der Waals surface area contributed by atoms with E-state index in [1.54, 1.807) is 37.3 Å². The van der Waals surface area contributed by atoms with E-state index in [2.05, 4.69) is 10.6 Å². The maximum atomic E-state index is 13.7. The number of hydrogen-bond donors (Lipinski definition) is 2. The Labute approximate surface area is 140 Å². The first-order chi connectivity index (χ1) is 11.0. The van der Waals surface area contributed by atoms with Crippen molar-refractivity contribution in [1.82, 2.24) is 10.6 Å². The van der Waals surface area contributed by atoms with Crippen LogP contribution in [0.2, 0.25) is 5.02 Å². The van der Waals surface area contributed by atoms with E-state index in [0.717, 1.165) is 5.56 Å². The van der Waals surface area contributed by atoms with Crippen LogP contribution in [0.4, 0.5) is 4.39 Å². The lowest BCUT2D eigenvalue weighted by molar-refractivity contribution is -0.123. The van der Waals surface area contributed by atoms with Crippen LogP contribution >= 0.6 is 11.6 Å². The lowest BCUT2D eigenvalue weighted by Gasteiger charge is -2.20. The van der Waals surface area contributed by atoms with Gasteiger partial charge in [-0.3, -0.25) is 10.1 Å². The van der Waals surface area contributed by atoms with Gasteiger partial charge in [0.2, 0.25) is 5.91 Å². The molecule has 2 unspecified atom stereocenters. The van der Waals surface area contributed by atoms with Gasteiger partial charge in [-0.25, -0.2) is 4.39 Å². The Morgan fingerprint density at radius 2 is 1.78 bits per heavy atom. The van der Waals surface area contributed by atoms with E-state index in [0.29, 0.717) is 17.1 Å². The monoisotopic (exact) mass is 334 g/mol. The van der Waals surface area contributed by atoms with Crippen LogP contribution in [-0.2, 0) is 11.3 Å². The summed E-state index contributed by atoms with van der Waals surface area (Å²) in [5, 5.41) is 6.62. The van der Waals surface area contributed by atoms with E-state index in [4.69, 9.17) is 11.6 Å². The van der Waals surface area contributed by atoms with Crippen LogP contribution in [0.15, 0.2) is 48.5 Å². The molecule has 2 rings (SSSR count). The van der Waals surface area contributed by atoms with Crippen molar-refractivity contribution >= 4 is 17.5 Å². The normalized spacial score (nSPS) is 13.4. The molecule has 0 heterocycles. The maximum Gasteiger partial charge on any atom is 0.237 e. The molecule has 0 spiro atoms. The lowest BCUT2D eigenvalue weighted by atomic mass is 10.1. The van der Waals surface area contributed by atoms with Crippen LogP contribution in [-0.4, -0.2) is 11.9 Å². The number of halogens is 2. The molecule has 2 atom stereocenters. The van der Waals surface area contributed by atoms with Crippen molar-refractivity contribution in [1.29, 1.82) is 0 Å². The first-order valence-corrected chi connectivity index (χ1v) is 7.88. The van der Waals surface area contributed by atoms with Gasteiger partial charge in [-0.1, -0.05) is 41.9 Å². The number of hydrogen-bond acceptors (Lipinski definition) is 2. The Morgan fingerprint density at radius 1 is 1.13 bits per heavy atom. The van der Waals surface area contributed by atoms with Crippen LogP contribution in [0.5, 0.6) is 0 Å². The highest BCUT2D eigenvalue weighted by atomic mass is 35.5. The summed E-state index contributed by atoms with van der Waals surface area (Å²) in [6.45, 7) is 4.02. The fraction of sp³-hybridized carbons (Fsp3) is 0.278. The second-order valence-corrected chi connectivity index (χ2v) is 5.91. The van der Waals surface area contributed by atoms with Gasteiger partial charge in [0.15, 0.2) is 0 Å². The Kier molecular flexibility index (Phi) is 6.13. The molecule has 5 heteroatoms. The van der Waals surface area contributed by atoms with E-state index in [-0.39, 0.29) is 17.8 Å². The predicted octanol–water partition coefficient (Wildman–Crippen LogP) is 3.83. The third kappa shape index (κ3) is 5.05. The van der Waals surface area contributed by atoms with Crippen molar-refractivity contribution in [3.8, 4) is 0 Å². The van der Waals surface area contributed by atoms with Crippen molar-refractivity contribution in [2.24, 2.45) is 0 Å². The second-order valence-electron chi connectivity index (χ2n) is 5.48. The summed E-state index contributed by atoms with van der Waals surface area (Å²) in [6, 6.07) is 13.2. The van der Waals surface area contributed by atoms with E-state index >= 15 is 0 Å². The van der Waals surface area contributed by atoms with Crippen molar-refractivity contribution in [2.75, 3.05) is 0 Å². The van der Waals surface area contributed by atoms with Crippen LogP contribution in [0.1, 0.15) is 31.0 Å². The molecule has 23 heavy (non-hydrogen) atoms. The molecule has 0 bridgehead atoms. The standard InChI is InChI=1S/C18H20ClFN2O/c1-12(16-5-3-4-6-17(16)20)22-13(2)18(23)21-11-14-7-9-15(19)10-8-14/h3-10,12-13,22H,11H2,1-2H3,(H,21,23). The Morgan fingerprint density at radius 3 is 2.43 bits per heavy atom. The third-order valence-corrected chi connectivity index (χ3v) is 3.90. The SMILES string of the molecule is CC(NC(C)c1ccccc1F)C(=O)NCc1ccc(Cl)cc1. The van der Waals surface area contributed by atoms with E-state index in [9.17, 15) is 9.18 Å². The summed E-state index contributed by atoms with van der Waals surface area (Å²) >= 11 is 5.83. The van der Waals surface area contributed by atoms with Crippen molar-refractivity contribution in [3.63, 3.8) is 0 Å². The summed E-state index contributed by atoms with van der Waals surface area (Å²) in [6.07, 6.45) is 0. The molecule has 2 aromatic rings. The highest BCUT2D eigenvalue weighted by Crippen LogP contribution is 2.16. The fourth-order valence-corrected chi connectivity index (χ4v) is 2.44. The van der Waals surface area contributed by atoms with E-state index in [1.807, 2.05) is 19.1 Å². The minimum absolute atomic E-state index is 0.136. The molecule has 0 aliphatic rings. The molecule has 2 aromatic carbocycles. The Balaban J connectivity index is 1.87. The molecule has 0 aliphatic heterocycles. The van der Waals surface area contributed by atoms with Crippen LogP contribution in [0.25, 0.3) is 0 Å². The first kappa shape index (κ1) is 17.4. The number of carbonyl (C=O) groups excluding carboxylic acids is 1. The molecule has 2 N–H and O–H groups in total. The smallest absolute Gasteiger partial charge is 0.237 e. The van der Waals surface area contributed by atoms with Gasteiger partial charge >= 0.3 is 0 Å². The van der Waals surface area contributed by atoms with Gasteiger partial charge in [0.1, 0.15) is 5.82 Å². The van der Waals surface area contributed by atoms with E-state index in [1.165, 1.54) is 6.07 Å². The number of nitrogens with one attached hydrogen (secondary N) is 2. The fourth-order valence-electron chi connectivity index (χ4n) is 2.31. The first-order valence-electron chi connectivity index (χ1n) is 7.50. The molecule has 0 fully saturated rings. The largest absolute Gasteiger partial charge is 0.351 e. The van der Waals surface area contributed by atoms with Crippen molar-refractivity contribution in [2.45, 2.75) is 32.5 Å². The molecule has 0 saturated heterocycles. The van der Waals surface area contributed by atoms with Crippen molar-refractivity contribution in [3.05, 3.63) is 70.5 Å². The van der Waals surface area contributed by atoms with Gasteiger partial charge in [0.25, 0.3) is 0 Å². The van der Waals surface area contributed by atoms with E-state index < -0.39 is 6.04 Å². The molecule has 0 aromatic heterocycles. The Hall–Kier alpha value is -1.91. The maximum absolute atomic E-state index is 13.7. The minimum Gasteiger partial charge on any atom is -0.351 e. The second kappa shape index (κ2) is 8.09. The molecule has 0 saturated carbocycles. The molecule has 0 aliphatic carbocycles.